The van der Waals surface area contributed by atoms with Gasteiger partial charge in [-0.1, -0.05) is 18.2 Å². The number of guanidine groups is 1. The van der Waals surface area contributed by atoms with Crippen molar-refractivity contribution in [3.05, 3.63) is 65.0 Å². The largest absolute Gasteiger partial charge is 0.508 e. The van der Waals surface area contributed by atoms with Gasteiger partial charge in [-0.25, -0.2) is 17.8 Å². The average Bonchev–Trinajstić information content (AvgIpc) is 2.60. The fourth-order valence-corrected chi connectivity index (χ4v) is 3.55. The monoisotopic (exact) mass is 407 g/mol. The number of nitrogens with one attached hydrogen (secondary N) is 2. The molecule has 0 aromatic heterocycles. The topological polar surface area (TPSA) is 90.8 Å². The van der Waals surface area contributed by atoms with Crippen LogP contribution >= 0.6 is 0 Å². The van der Waals surface area contributed by atoms with Crippen LogP contribution in [0.25, 0.3) is 0 Å². The summed E-state index contributed by atoms with van der Waals surface area (Å²) in [6.07, 6.45) is 1.84. The number of halogens is 1. The molecule has 0 spiro atoms. The van der Waals surface area contributed by atoms with Gasteiger partial charge in [0.1, 0.15) is 11.6 Å². The van der Waals surface area contributed by atoms with Gasteiger partial charge in [-0.3, -0.25) is 0 Å². The first-order chi connectivity index (χ1) is 13.3. The van der Waals surface area contributed by atoms with Crippen molar-refractivity contribution in [2.45, 2.75) is 25.6 Å². The predicted molar refractivity (Wildman–Crippen MR) is 110 cm³/mol. The average molecular weight is 408 g/mol. The molecule has 0 unspecified atom stereocenters. The van der Waals surface area contributed by atoms with Crippen molar-refractivity contribution in [3.63, 3.8) is 0 Å². The highest BCUT2D eigenvalue weighted by Gasteiger charge is 2.11. The van der Waals surface area contributed by atoms with Gasteiger partial charge in [0.05, 0.1) is 12.3 Å². The number of sulfone groups is 1. The van der Waals surface area contributed by atoms with Crippen LogP contribution in [0.1, 0.15) is 23.6 Å². The van der Waals surface area contributed by atoms with E-state index in [0.717, 1.165) is 11.8 Å². The molecule has 6 nitrogen and oxygen atoms in total. The third-order valence-electron chi connectivity index (χ3n) is 3.95. The highest BCUT2D eigenvalue weighted by molar-refractivity contribution is 7.89. The molecule has 28 heavy (non-hydrogen) atoms. The molecule has 0 atom stereocenters. The highest BCUT2D eigenvalue weighted by atomic mass is 32.2. The number of nitrogens with zero attached hydrogens (tertiary/aromatic N) is 1. The first-order valence-electron chi connectivity index (χ1n) is 9.02. The van der Waals surface area contributed by atoms with Crippen LogP contribution in [0, 0.1) is 5.82 Å². The van der Waals surface area contributed by atoms with E-state index in [0.29, 0.717) is 36.6 Å². The third kappa shape index (κ3) is 7.56. The maximum Gasteiger partial charge on any atom is 0.191 e. The third-order valence-corrected chi connectivity index (χ3v) is 4.79. The zero-order chi connectivity index (χ0) is 20.6. The number of phenols is 1. The van der Waals surface area contributed by atoms with Crippen LogP contribution < -0.4 is 10.6 Å². The van der Waals surface area contributed by atoms with Gasteiger partial charge >= 0.3 is 0 Å². The van der Waals surface area contributed by atoms with E-state index >= 15 is 0 Å². The van der Waals surface area contributed by atoms with Crippen molar-refractivity contribution >= 4 is 15.8 Å². The fraction of sp³-hybridized carbons (Fsp3) is 0.350. The molecule has 0 amide bonds. The van der Waals surface area contributed by atoms with Gasteiger partial charge in [0.25, 0.3) is 0 Å². The van der Waals surface area contributed by atoms with Crippen molar-refractivity contribution in [3.8, 4) is 5.75 Å². The lowest BCUT2D eigenvalue weighted by Crippen LogP contribution is -2.38. The maximum atomic E-state index is 13.6. The summed E-state index contributed by atoms with van der Waals surface area (Å²) in [5.74, 6) is 0.198. The van der Waals surface area contributed by atoms with Gasteiger partial charge in [0, 0.05) is 19.3 Å². The van der Waals surface area contributed by atoms with Gasteiger partial charge in [0.2, 0.25) is 0 Å². The molecule has 2 rings (SSSR count). The summed E-state index contributed by atoms with van der Waals surface area (Å²) in [4.78, 5) is 4.45. The molecular weight excluding hydrogens is 381 g/mol. The molecule has 3 N–H and O–H groups in total. The number of phenolic OH excluding ortho intramolecular Hbond substituents is 1. The van der Waals surface area contributed by atoms with Crippen LogP contribution in [-0.4, -0.2) is 38.8 Å². The summed E-state index contributed by atoms with van der Waals surface area (Å²) in [5, 5.41) is 15.8. The second-order valence-corrected chi connectivity index (χ2v) is 8.67. The predicted octanol–water partition coefficient (Wildman–Crippen LogP) is 2.37. The molecule has 0 aliphatic rings. The van der Waals surface area contributed by atoms with E-state index in [4.69, 9.17) is 0 Å². The molecule has 0 heterocycles. The Morgan fingerprint density at radius 3 is 2.61 bits per heavy atom. The lowest BCUT2D eigenvalue weighted by atomic mass is 10.1. The highest BCUT2D eigenvalue weighted by Crippen LogP contribution is 2.15. The SMILES string of the molecule is CCNC(=NCc1cc(F)ccc1CS(C)(=O)=O)NCCc1cccc(O)c1. The minimum atomic E-state index is -3.23. The van der Waals surface area contributed by atoms with Gasteiger partial charge < -0.3 is 15.7 Å². The van der Waals surface area contributed by atoms with E-state index in [1.807, 2.05) is 13.0 Å². The number of aliphatic imine (C=N–C) groups is 1. The molecule has 0 saturated carbocycles. The smallest absolute Gasteiger partial charge is 0.191 e. The molecule has 152 valence electrons. The molecule has 0 bridgehead atoms. The Kier molecular flexibility index (Phi) is 7.80. The number of rotatable bonds is 8. The number of benzene rings is 2. The van der Waals surface area contributed by atoms with Crippen LogP contribution in [0.4, 0.5) is 4.39 Å². The van der Waals surface area contributed by atoms with E-state index in [2.05, 4.69) is 15.6 Å². The number of hydrogen-bond acceptors (Lipinski definition) is 4. The number of hydrogen-bond donors (Lipinski definition) is 3. The minimum absolute atomic E-state index is 0.153. The van der Waals surface area contributed by atoms with Crippen molar-refractivity contribution in [1.82, 2.24) is 10.6 Å². The summed E-state index contributed by atoms with van der Waals surface area (Å²) in [7, 11) is -3.23. The zero-order valence-electron chi connectivity index (χ0n) is 16.1. The summed E-state index contributed by atoms with van der Waals surface area (Å²) < 4.78 is 36.8. The Balaban J connectivity index is 2.06. The molecule has 2 aromatic carbocycles. The van der Waals surface area contributed by atoms with Gasteiger partial charge in [-0.2, -0.15) is 0 Å². The Morgan fingerprint density at radius 1 is 1.14 bits per heavy atom. The zero-order valence-corrected chi connectivity index (χ0v) is 16.9. The maximum absolute atomic E-state index is 13.6. The van der Waals surface area contributed by atoms with Crippen LogP contribution in [0.5, 0.6) is 5.75 Å². The quantitative estimate of drug-likeness (QED) is 0.462. The van der Waals surface area contributed by atoms with E-state index in [9.17, 15) is 17.9 Å². The summed E-state index contributed by atoms with van der Waals surface area (Å²) >= 11 is 0. The van der Waals surface area contributed by atoms with Crippen molar-refractivity contribution in [1.29, 1.82) is 0 Å². The van der Waals surface area contributed by atoms with Crippen LogP contribution in [0.2, 0.25) is 0 Å². The molecule has 0 aliphatic carbocycles. The fourth-order valence-electron chi connectivity index (χ4n) is 2.71. The lowest BCUT2D eigenvalue weighted by Gasteiger charge is -2.12. The van der Waals surface area contributed by atoms with Crippen molar-refractivity contribution in [2.75, 3.05) is 19.3 Å². The molecule has 0 fully saturated rings. The summed E-state index contributed by atoms with van der Waals surface area (Å²) in [6.45, 7) is 3.33. The molecular formula is C20H26FN3O3S. The first-order valence-corrected chi connectivity index (χ1v) is 11.1. The van der Waals surface area contributed by atoms with Crippen LogP contribution in [-0.2, 0) is 28.6 Å². The Morgan fingerprint density at radius 2 is 1.93 bits per heavy atom. The Bertz CT molecular complexity index is 930. The molecule has 0 radical (unpaired) electrons. The Labute approximate surface area is 165 Å². The molecule has 0 aliphatic heterocycles. The minimum Gasteiger partial charge on any atom is -0.508 e. The molecule has 0 saturated heterocycles. The second-order valence-electron chi connectivity index (χ2n) is 6.52. The summed E-state index contributed by atoms with van der Waals surface area (Å²) in [6, 6.07) is 11.1. The lowest BCUT2D eigenvalue weighted by molar-refractivity contribution is 0.474. The second kappa shape index (κ2) is 10.1. The van der Waals surface area contributed by atoms with E-state index in [-0.39, 0.29) is 18.0 Å². The standard InChI is InChI=1S/C20H26FN3O3S/c1-3-22-20(23-10-9-15-5-4-6-19(25)11-15)24-13-17-12-18(21)8-7-16(17)14-28(2,26)27/h4-8,11-12,25H,3,9-10,13-14H2,1-2H3,(H2,22,23,24). The van der Waals surface area contributed by atoms with E-state index in [1.54, 1.807) is 18.2 Å². The molecule has 2 aromatic rings. The first kappa shape index (κ1) is 21.7. The van der Waals surface area contributed by atoms with Crippen molar-refractivity contribution in [2.24, 2.45) is 4.99 Å². The van der Waals surface area contributed by atoms with E-state index in [1.165, 1.54) is 18.2 Å². The van der Waals surface area contributed by atoms with Crippen molar-refractivity contribution < 1.29 is 17.9 Å². The van der Waals surface area contributed by atoms with Gasteiger partial charge in [-0.15, -0.1) is 0 Å². The van der Waals surface area contributed by atoms with Gasteiger partial charge in [-0.05, 0) is 54.3 Å². The van der Waals surface area contributed by atoms with E-state index < -0.39 is 15.7 Å². The van der Waals surface area contributed by atoms with Crippen LogP contribution in [0.15, 0.2) is 47.5 Å². The Hall–Kier alpha value is -2.61. The summed E-state index contributed by atoms with van der Waals surface area (Å²) in [5.41, 5.74) is 2.07. The normalized spacial score (nSPS) is 12.0. The number of aromatic hydroxyl groups is 1. The van der Waals surface area contributed by atoms with Crippen LogP contribution in [0.3, 0.4) is 0 Å². The van der Waals surface area contributed by atoms with Gasteiger partial charge in [0.15, 0.2) is 15.8 Å². The molecule has 8 heteroatoms.